The van der Waals surface area contributed by atoms with Crippen molar-refractivity contribution in [2.45, 2.75) is 182 Å². The third kappa shape index (κ3) is 28.3. The first kappa shape index (κ1) is 40.9. The van der Waals surface area contributed by atoms with Gasteiger partial charge in [-0.1, -0.05) is 130 Å². The number of hydrogen-bond donors (Lipinski definition) is 0. The van der Waals surface area contributed by atoms with Crippen molar-refractivity contribution in [1.29, 1.82) is 0 Å². The van der Waals surface area contributed by atoms with Crippen LogP contribution in [0.2, 0.25) is 0 Å². The lowest BCUT2D eigenvalue weighted by molar-refractivity contribution is -0.929. The molecule has 0 aliphatic heterocycles. The third-order valence-electron chi connectivity index (χ3n) is 7.94. The van der Waals surface area contributed by atoms with Crippen molar-refractivity contribution < 1.29 is 28.5 Å². The van der Waals surface area contributed by atoms with Gasteiger partial charge in [-0.15, -0.1) is 24.0 Å². The van der Waals surface area contributed by atoms with E-state index >= 15 is 0 Å². The second kappa shape index (κ2) is 33.4. The van der Waals surface area contributed by atoms with E-state index in [1.54, 1.807) is 0 Å². The van der Waals surface area contributed by atoms with Gasteiger partial charge in [0.15, 0.2) is 0 Å². The van der Waals surface area contributed by atoms with E-state index in [4.69, 9.17) is 0 Å². The van der Waals surface area contributed by atoms with E-state index in [2.05, 4.69) is 27.7 Å². The van der Waals surface area contributed by atoms with Crippen LogP contribution in [0.5, 0.6) is 0 Å². The minimum Gasteiger partial charge on any atom is -1.00 e. The normalized spacial score (nSPS) is 11.3. The quantitative estimate of drug-likeness (QED) is 0.0431. The van der Waals surface area contributed by atoms with E-state index in [-0.39, 0.29) is 48.0 Å². The topological polar surface area (TPSA) is 0 Å². The second-order valence-electron chi connectivity index (χ2n) is 11.3. The van der Waals surface area contributed by atoms with E-state index in [0.717, 1.165) is 0 Å². The Kier molecular flexibility index (Phi) is 39.1. The molecule has 3 heteroatoms. The van der Waals surface area contributed by atoms with Gasteiger partial charge in [0.1, 0.15) is 0 Å². The van der Waals surface area contributed by atoms with Gasteiger partial charge in [-0.2, -0.15) is 0 Å². The van der Waals surface area contributed by atoms with Crippen molar-refractivity contribution in [1.82, 2.24) is 0 Å². The summed E-state index contributed by atoms with van der Waals surface area (Å²) < 4.78 is 1.48. The van der Waals surface area contributed by atoms with Crippen molar-refractivity contribution >= 4 is 24.0 Å². The summed E-state index contributed by atoms with van der Waals surface area (Å²) in [7, 11) is 0. The van der Waals surface area contributed by atoms with Gasteiger partial charge in [0.2, 0.25) is 0 Å². The largest absolute Gasteiger partial charge is 1.00 e. The Balaban J connectivity index is -0.00000512. The smallest absolute Gasteiger partial charge is 0.0786 e. The number of unbranched alkanes of at least 4 members (excludes halogenated alkanes) is 20. The first-order valence-electron chi connectivity index (χ1n) is 16.1. The molecule has 0 saturated heterocycles. The van der Waals surface area contributed by atoms with Crippen LogP contribution in [0.25, 0.3) is 0 Å². The second-order valence-corrected chi connectivity index (χ2v) is 11.3. The summed E-state index contributed by atoms with van der Waals surface area (Å²) in [4.78, 5) is 0. The maximum Gasteiger partial charge on any atom is 0.0786 e. The van der Waals surface area contributed by atoms with Gasteiger partial charge in [-0.3, -0.25) is 0 Å². The Bertz CT molecular complexity index is 292. The lowest BCUT2D eigenvalue weighted by Crippen LogP contribution is -3.00. The summed E-state index contributed by atoms with van der Waals surface area (Å²) in [5, 5.41) is 0. The zero-order valence-corrected chi connectivity index (χ0v) is 29.5. The molecular formula is C32H69I2N. The SMILES string of the molecule is CCCCCCCC[N+](CCCCCCCC)(CCCCCCCC)CCCCCCCC.I.[I-]. The Hall–Kier alpha value is 1.42. The molecule has 0 bridgehead atoms. The van der Waals surface area contributed by atoms with Crippen molar-refractivity contribution in [3.05, 3.63) is 0 Å². The number of quaternary nitrogens is 1. The van der Waals surface area contributed by atoms with Crippen molar-refractivity contribution in [2.75, 3.05) is 26.2 Å². The molecule has 1 nitrogen and oxygen atoms in total. The van der Waals surface area contributed by atoms with Crippen LogP contribution in [0.3, 0.4) is 0 Å². The molecule has 0 N–H and O–H groups in total. The molecule has 0 unspecified atom stereocenters. The van der Waals surface area contributed by atoms with E-state index in [9.17, 15) is 0 Å². The molecule has 0 aromatic carbocycles. The monoisotopic (exact) mass is 721 g/mol. The molecule has 0 radical (unpaired) electrons. The molecule has 0 spiro atoms. The summed E-state index contributed by atoms with van der Waals surface area (Å²) in [6.45, 7) is 15.3. The molecule has 0 aliphatic rings. The number of rotatable bonds is 28. The fourth-order valence-electron chi connectivity index (χ4n) is 5.58. The first-order valence-corrected chi connectivity index (χ1v) is 16.1. The lowest BCUT2D eigenvalue weighted by Gasteiger charge is -2.40. The number of halogens is 2. The maximum atomic E-state index is 2.34. The lowest BCUT2D eigenvalue weighted by atomic mass is 10.0. The highest BCUT2D eigenvalue weighted by molar-refractivity contribution is 14.0. The van der Waals surface area contributed by atoms with Crippen LogP contribution in [0, 0.1) is 0 Å². The van der Waals surface area contributed by atoms with Gasteiger partial charge in [0.05, 0.1) is 26.2 Å². The molecule has 0 aliphatic carbocycles. The average Bonchev–Trinajstić information content (AvgIpc) is 2.83. The molecule has 0 fully saturated rings. The molecule has 0 heterocycles. The Morgan fingerprint density at radius 1 is 0.286 bits per heavy atom. The predicted molar refractivity (Wildman–Crippen MR) is 169 cm³/mol. The first-order chi connectivity index (χ1) is 16.2. The highest BCUT2D eigenvalue weighted by Crippen LogP contribution is 2.20. The molecular weight excluding hydrogens is 652 g/mol. The third-order valence-corrected chi connectivity index (χ3v) is 7.94. The molecule has 35 heavy (non-hydrogen) atoms. The van der Waals surface area contributed by atoms with Crippen LogP contribution in [0.4, 0.5) is 0 Å². The molecule has 0 atom stereocenters. The molecule has 0 aromatic rings. The van der Waals surface area contributed by atoms with Gasteiger partial charge in [-0.25, -0.2) is 0 Å². The summed E-state index contributed by atoms with van der Waals surface area (Å²) in [6, 6.07) is 0. The van der Waals surface area contributed by atoms with E-state index in [0.29, 0.717) is 0 Å². The molecule has 0 rings (SSSR count). The van der Waals surface area contributed by atoms with Crippen LogP contribution >= 0.6 is 24.0 Å². The maximum absolute atomic E-state index is 2.34. The Labute approximate surface area is 258 Å². The van der Waals surface area contributed by atoms with Gasteiger partial charge < -0.3 is 28.5 Å². The van der Waals surface area contributed by atoms with Crippen LogP contribution < -0.4 is 24.0 Å². The van der Waals surface area contributed by atoms with Crippen LogP contribution in [0.15, 0.2) is 0 Å². The predicted octanol–water partition coefficient (Wildman–Crippen LogP) is 8.87. The van der Waals surface area contributed by atoms with Gasteiger partial charge in [-0.05, 0) is 51.4 Å². The summed E-state index contributed by atoms with van der Waals surface area (Å²) >= 11 is 0. The Morgan fingerprint density at radius 3 is 0.657 bits per heavy atom. The summed E-state index contributed by atoms with van der Waals surface area (Å²) in [6.07, 6.45) is 34.8. The highest BCUT2D eigenvalue weighted by Gasteiger charge is 2.25. The Morgan fingerprint density at radius 2 is 0.457 bits per heavy atom. The molecule has 216 valence electrons. The average molecular weight is 722 g/mol. The number of hydrogen-bond acceptors (Lipinski definition) is 0. The van der Waals surface area contributed by atoms with Crippen LogP contribution in [-0.4, -0.2) is 30.7 Å². The van der Waals surface area contributed by atoms with Gasteiger partial charge in [0.25, 0.3) is 0 Å². The van der Waals surface area contributed by atoms with E-state index in [1.165, 1.54) is 185 Å². The fourth-order valence-corrected chi connectivity index (χ4v) is 5.58. The number of nitrogens with zero attached hydrogens (tertiary/aromatic N) is 1. The highest BCUT2D eigenvalue weighted by atomic mass is 127. The summed E-state index contributed by atoms with van der Waals surface area (Å²) in [5.74, 6) is 0. The fraction of sp³-hybridized carbons (Fsp3) is 1.00. The van der Waals surface area contributed by atoms with E-state index < -0.39 is 0 Å². The van der Waals surface area contributed by atoms with E-state index in [1.807, 2.05) is 0 Å². The van der Waals surface area contributed by atoms with Crippen molar-refractivity contribution in [2.24, 2.45) is 0 Å². The van der Waals surface area contributed by atoms with Gasteiger partial charge >= 0.3 is 0 Å². The standard InChI is InChI=1S/C32H68N.2HI/c1-5-9-13-17-21-25-29-33(30-26-22-18-14-10-6-2,31-27-23-19-15-11-7-3)32-28-24-20-16-12-8-4;;/h5-32H2,1-4H3;2*1H/q+1;;/p-1. The van der Waals surface area contributed by atoms with Gasteiger partial charge in [0, 0.05) is 0 Å². The van der Waals surface area contributed by atoms with Crippen LogP contribution in [0.1, 0.15) is 182 Å². The van der Waals surface area contributed by atoms with Crippen molar-refractivity contribution in [3.63, 3.8) is 0 Å². The summed E-state index contributed by atoms with van der Waals surface area (Å²) in [5.41, 5.74) is 0. The zero-order valence-electron chi connectivity index (χ0n) is 25.0. The van der Waals surface area contributed by atoms with Crippen LogP contribution in [-0.2, 0) is 0 Å². The minimum absolute atomic E-state index is 0. The van der Waals surface area contributed by atoms with Crippen molar-refractivity contribution in [3.8, 4) is 0 Å². The molecule has 0 saturated carbocycles. The molecule has 0 amide bonds. The zero-order chi connectivity index (χ0) is 24.3. The molecule has 0 aromatic heterocycles. The minimum atomic E-state index is 0.